The van der Waals surface area contributed by atoms with Crippen LogP contribution < -0.4 is 15.5 Å². The molecule has 0 bridgehead atoms. The van der Waals surface area contributed by atoms with E-state index in [0.29, 0.717) is 37.5 Å². The standard InChI is InChI=1S/C26H22BrCl4N3O3/c1-14(2)24(33-25(35)17-5-7-20(29)22(31)11-17)26(36)34-32-12-15-4-8-23(18(27)9-15)37-13-16-3-6-19(28)21(30)10-16/h3-12,14,24H,13H2,1-2H3,(H,33,35)(H,34,36)/b32-12+. The molecular formula is C26H22BrCl4N3O3. The maximum atomic E-state index is 12.7. The van der Waals surface area contributed by atoms with Crippen LogP contribution >= 0.6 is 62.3 Å². The Labute approximate surface area is 243 Å². The van der Waals surface area contributed by atoms with Gasteiger partial charge in [0.05, 0.1) is 30.8 Å². The van der Waals surface area contributed by atoms with E-state index < -0.39 is 17.9 Å². The molecule has 194 valence electrons. The first-order chi connectivity index (χ1) is 17.5. The zero-order chi connectivity index (χ0) is 27.1. The molecule has 0 heterocycles. The van der Waals surface area contributed by atoms with E-state index >= 15 is 0 Å². The number of carbonyl (C=O) groups is 2. The van der Waals surface area contributed by atoms with E-state index in [2.05, 4.69) is 31.8 Å². The molecule has 0 fully saturated rings. The molecular weight excluding hydrogens is 624 g/mol. The molecule has 0 saturated heterocycles. The van der Waals surface area contributed by atoms with Gasteiger partial charge in [0, 0.05) is 5.56 Å². The van der Waals surface area contributed by atoms with Crippen LogP contribution in [0, 0.1) is 5.92 Å². The van der Waals surface area contributed by atoms with E-state index in [1.54, 1.807) is 30.3 Å². The Balaban J connectivity index is 1.58. The number of carbonyl (C=O) groups excluding carboxylic acids is 2. The van der Waals surface area contributed by atoms with Crippen LogP contribution in [-0.2, 0) is 11.4 Å². The molecule has 0 aliphatic heterocycles. The minimum atomic E-state index is -0.817. The first-order valence-corrected chi connectivity index (χ1v) is 13.3. The maximum absolute atomic E-state index is 12.7. The summed E-state index contributed by atoms with van der Waals surface area (Å²) in [4.78, 5) is 25.3. The van der Waals surface area contributed by atoms with Gasteiger partial charge in [-0.15, -0.1) is 0 Å². The van der Waals surface area contributed by atoms with Crippen molar-refractivity contribution in [3.63, 3.8) is 0 Å². The number of halogens is 5. The zero-order valence-corrected chi connectivity index (χ0v) is 24.3. The molecule has 0 aliphatic carbocycles. The van der Waals surface area contributed by atoms with E-state index in [-0.39, 0.29) is 10.9 Å². The number of hydrazone groups is 1. The highest BCUT2D eigenvalue weighted by molar-refractivity contribution is 9.10. The Hall–Kier alpha value is -2.29. The first-order valence-electron chi connectivity index (χ1n) is 11.0. The Morgan fingerprint density at radius 2 is 1.62 bits per heavy atom. The van der Waals surface area contributed by atoms with E-state index in [0.717, 1.165) is 11.1 Å². The molecule has 0 aromatic heterocycles. The fourth-order valence-electron chi connectivity index (χ4n) is 3.14. The molecule has 0 saturated carbocycles. The summed E-state index contributed by atoms with van der Waals surface area (Å²) in [6.07, 6.45) is 1.49. The van der Waals surface area contributed by atoms with Crippen molar-refractivity contribution in [2.75, 3.05) is 0 Å². The summed E-state index contributed by atoms with van der Waals surface area (Å²) in [5.74, 6) is -0.475. The normalized spacial score (nSPS) is 12.0. The molecule has 0 aliphatic rings. The molecule has 6 nitrogen and oxygen atoms in total. The third kappa shape index (κ3) is 8.35. The van der Waals surface area contributed by atoms with Gasteiger partial charge in [-0.2, -0.15) is 5.10 Å². The number of amides is 2. The fraction of sp³-hybridized carbons (Fsp3) is 0.192. The first kappa shape index (κ1) is 29.3. The quantitative estimate of drug-likeness (QED) is 0.186. The van der Waals surface area contributed by atoms with Gasteiger partial charge in [-0.1, -0.05) is 66.3 Å². The van der Waals surface area contributed by atoms with Gasteiger partial charge in [-0.05, 0) is 81.5 Å². The number of hydrogen-bond donors (Lipinski definition) is 2. The lowest BCUT2D eigenvalue weighted by molar-refractivity contribution is -0.123. The summed E-state index contributed by atoms with van der Waals surface area (Å²) >= 11 is 27.4. The Kier molecular flexibility index (Phi) is 10.7. The molecule has 3 aromatic rings. The van der Waals surface area contributed by atoms with Gasteiger partial charge in [-0.25, -0.2) is 5.43 Å². The highest BCUT2D eigenvalue weighted by Gasteiger charge is 2.24. The topological polar surface area (TPSA) is 79.8 Å². The van der Waals surface area contributed by atoms with Crippen molar-refractivity contribution in [3.05, 3.63) is 95.9 Å². The van der Waals surface area contributed by atoms with Crippen LogP contribution in [0.4, 0.5) is 0 Å². The molecule has 0 radical (unpaired) electrons. The van der Waals surface area contributed by atoms with Gasteiger partial charge in [-0.3, -0.25) is 9.59 Å². The minimum absolute atomic E-state index is 0.192. The van der Waals surface area contributed by atoms with Crippen molar-refractivity contribution in [1.29, 1.82) is 0 Å². The van der Waals surface area contributed by atoms with Crippen molar-refractivity contribution in [3.8, 4) is 5.75 Å². The second kappa shape index (κ2) is 13.5. The lowest BCUT2D eigenvalue weighted by atomic mass is 10.0. The van der Waals surface area contributed by atoms with Gasteiger partial charge in [0.1, 0.15) is 18.4 Å². The summed E-state index contributed by atoms with van der Waals surface area (Å²) in [7, 11) is 0. The third-order valence-corrected chi connectivity index (χ3v) is 7.24. The molecule has 0 spiro atoms. The summed E-state index contributed by atoms with van der Waals surface area (Å²) in [5.41, 5.74) is 4.37. The van der Waals surface area contributed by atoms with Gasteiger partial charge < -0.3 is 10.1 Å². The zero-order valence-electron chi connectivity index (χ0n) is 19.7. The molecule has 1 unspecified atom stereocenters. The van der Waals surface area contributed by atoms with Crippen molar-refractivity contribution in [2.45, 2.75) is 26.5 Å². The van der Waals surface area contributed by atoms with Crippen molar-refractivity contribution < 1.29 is 14.3 Å². The number of nitrogens with zero attached hydrogens (tertiary/aromatic N) is 1. The highest BCUT2D eigenvalue weighted by atomic mass is 79.9. The van der Waals surface area contributed by atoms with Crippen molar-refractivity contribution >= 4 is 80.4 Å². The SMILES string of the molecule is CC(C)C(NC(=O)c1ccc(Cl)c(Cl)c1)C(=O)N/N=C/c1ccc(OCc2ccc(Cl)c(Cl)c2)c(Br)c1. The number of benzene rings is 3. The van der Waals surface area contributed by atoms with Crippen LogP contribution in [0.1, 0.15) is 35.3 Å². The number of ether oxygens (including phenoxy) is 1. The van der Waals surface area contributed by atoms with Crippen molar-refractivity contribution in [2.24, 2.45) is 11.0 Å². The van der Waals surface area contributed by atoms with Gasteiger partial charge in [0.25, 0.3) is 11.8 Å². The number of hydrogen-bond acceptors (Lipinski definition) is 4. The Morgan fingerprint density at radius 3 is 2.24 bits per heavy atom. The van der Waals surface area contributed by atoms with Crippen LogP contribution in [-0.4, -0.2) is 24.1 Å². The second-order valence-electron chi connectivity index (χ2n) is 8.29. The molecule has 2 amide bonds. The molecule has 1 atom stereocenters. The molecule has 37 heavy (non-hydrogen) atoms. The van der Waals surface area contributed by atoms with Gasteiger partial charge >= 0.3 is 0 Å². The molecule has 3 rings (SSSR count). The van der Waals surface area contributed by atoms with E-state index in [1.165, 1.54) is 24.4 Å². The molecule has 3 aromatic carbocycles. The van der Waals surface area contributed by atoms with Crippen LogP contribution in [0.3, 0.4) is 0 Å². The average molecular weight is 646 g/mol. The minimum Gasteiger partial charge on any atom is -0.488 e. The lowest BCUT2D eigenvalue weighted by Gasteiger charge is -2.20. The summed E-state index contributed by atoms with van der Waals surface area (Å²) in [6, 6.07) is 14.4. The van der Waals surface area contributed by atoms with E-state index in [9.17, 15) is 9.59 Å². The average Bonchev–Trinajstić information content (AvgIpc) is 2.85. The third-order valence-electron chi connectivity index (χ3n) is 5.14. The molecule has 2 N–H and O–H groups in total. The van der Waals surface area contributed by atoms with E-state index in [4.69, 9.17) is 51.1 Å². The van der Waals surface area contributed by atoms with Gasteiger partial charge in [0.15, 0.2) is 0 Å². The largest absolute Gasteiger partial charge is 0.488 e. The van der Waals surface area contributed by atoms with Crippen LogP contribution in [0.15, 0.2) is 64.2 Å². The maximum Gasteiger partial charge on any atom is 0.262 e. The lowest BCUT2D eigenvalue weighted by Crippen LogP contribution is -2.48. The highest BCUT2D eigenvalue weighted by Crippen LogP contribution is 2.28. The second-order valence-corrected chi connectivity index (χ2v) is 10.8. The van der Waals surface area contributed by atoms with Gasteiger partial charge in [0.2, 0.25) is 0 Å². The Morgan fingerprint density at radius 1 is 0.946 bits per heavy atom. The monoisotopic (exact) mass is 643 g/mol. The summed E-state index contributed by atoms with van der Waals surface area (Å²) < 4.78 is 6.55. The fourth-order valence-corrected chi connectivity index (χ4v) is 4.27. The predicted molar refractivity (Wildman–Crippen MR) is 153 cm³/mol. The number of nitrogens with one attached hydrogen (secondary N) is 2. The predicted octanol–water partition coefficient (Wildman–Crippen LogP) is 7.55. The molecule has 11 heteroatoms. The number of rotatable bonds is 9. The van der Waals surface area contributed by atoms with Crippen molar-refractivity contribution in [1.82, 2.24) is 10.7 Å². The summed E-state index contributed by atoms with van der Waals surface area (Å²) in [5, 5.41) is 8.27. The summed E-state index contributed by atoms with van der Waals surface area (Å²) in [6.45, 7) is 3.94. The Bertz CT molecular complexity index is 1330. The smallest absolute Gasteiger partial charge is 0.262 e. The van der Waals surface area contributed by atoms with Crippen LogP contribution in [0.25, 0.3) is 0 Å². The van der Waals surface area contributed by atoms with Crippen LogP contribution in [0.5, 0.6) is 5.75 Å². The van der Waals surface area contributed by atoms with E-state index in [1.807, 2.05) is 19.9 Å². The van der Waals surface area contributed by atoms with Crippen LogP contribution in [0.2, 0.25) is 20.1 Å².